The first-order valence-corrected chi connectivity index (χ1v) is 8.80. The summed E-state index contributed by atoms with van der Waals surface area (Å²) in [6, 6.07) is 0. The standard InChI is InChI=1S/C18H32O4/c1-15(19)9-5-4-7-11-16(20)10-6-2-3-8-12-17-13-14-18(21)22-17/h7,11,15-17,19-20H,2-6,8-10,12-14H2,1H3. The number of esters is 1. The molecule has 0 saturated carbocycles. The van der Waals surface area contributed by atoms with Crippen molar-refractivity contribution in [2.24, 2.45) is 0 Å². The second-order valence-electron chi connectivity index (χ2n) is 6.42. The number of rotatable bonds is 12. The predicted octanol–water partition coefficient (Wildman–Crippen LogP) is 3.50. The molecule has 3 unspecified atom stereocenters. The third-order valence-corrected chi connectivity index (χ3v) is 4.10. The summed E-state index contributed by atoms with van der Waals surface area (Å²) in [6.45, 7) is 1.80. The molecule has 0 aromatic rings. The van der Waals surface area contributed by atoms with Crippen molar-refractivity contribution in [3.05, 3.63) is 12.2 Å². The van der Waals surface area contributed by atoms with Crippen molar-refractivity contribution < 1.29 is 19.7 Å². The van der Waals surface area contributed by atoms with E-state index in [1.165, 1.54) is 0 Å². The van der Waals surface area contributed by atoms with Crippen LogP contribution in [-0.2, 0) is 9.53 Å². The number of aliphatic hydroxyl groups excluding tert-OH is 2. The van der Waals surface area contributed by atoms with Crippen LogP contribution in [0.2, 0.25) is 0 Å². The Hall–Kier alpha value is -0.870. The molecule has 2 N–H and O–H groups in total. The first-order chi connectivity index (χ1) is 10.6. The van der Waals surface area contributed by atoms with E-state index in [-0.39, 0.29) is 24.3 Å². The van der Waals surface area contributed by atoms with Crippen molar-refractivity contribution in [3.63, 3.8) is 0 Å². The summed E-state index contributed by atoms with van der Waals surface area (Å²) in [6.07, 6.45) is 13.8. The Morgan fingerprint density at radius 1 is 1.18 bits per heavy atom. The van der Waals surface area contributed by atoms with Crippen LogP contribution in [0.1, 0.15) is 77.6 Å². The van der Waals surface area contributed by atoms with Gasteiger partial charge in [0, 0.05) is 6.42 Å². The van der Waals surface area contributed by atoms with Crippen molar-refractivity contribution in [2.75, 3.05) is 0 Å². The highest BCUT2D eigenvalue weighted by Gasteiger charge is 2.22. The first-order valence-electron chi connectivity index (χ1n) is 8.80. The number of cyclic esters (lactones) is 1. The average molecular weight is 312 g/mol. The molecule has 4 heteroatoms. The van der Waals surface area contributed by atoms with E-state index in [9.17, 15) is 9.90 Å². The molecule has 0 aliphatic carbocycles. The van der Waals surface area contributed by atoms with Crippen molar-refractivity contribution in [1.82, 2.24) is 0 Å². The second kappa shape index (κ2) is 11.7. The molecule has 0 radical (unpaired) electrons. The van der Waals surface area contributed by atoms with Gasteiger partial charge in [0.2, 0.25) is 0 Å². The number of allylic oxidation sites excluding steroid dienone is 1. The Labute approximate surface area is 134 Å². The van der Waals surface area contributed by atoms with Crippen LogP contribution in [0.15, 0.2) is 12.2 Å². The van der Waals surface area contributed by atoms with Gasteiger partial charge in [0.25, 0.3) is 0 Å². The molecule has 4 nitrogen and oxygen atoms in total. The predicted molar refractivity (Wildman–Crippen MR) is 87.5 cm³/mol. The summed E-state index contributed by atoms with van der Waals surface area (Å²) < 4.78 is 5.18. The molecule has 1 aliphatic rings. The highest BCUT2D eigenvalue weighted by Crippen LogP contribution is 2.20. The van der Waals surface area contributed by atoms with Gasteiger partial charge in [0.1, 0.15) is 6.10 Å². The summed E-state index contributed by atoms with van der Waals surface area (Å²) in [4.78, 5) is 11.0. The summed E-state index contributed by atoms with van der Waals surface area (Å²) in [5.41, 5.74) is 0. The maximum atomic E-state index is 11.0. The number of hydrogen-bond acceptors (Lipinski definition) is 4. The SMILES string of the molecule is CC(O)CCCC=CC(O)CCCCCCC1CCC(=O)O1. The summed E-state index contributed by atoms with van der Waals surface area (Å²) in [5.74, 6) is -0.0478. The molecule has 1 aliphatic heterocycles. The van der Waals surface area contributed by atoms with Crippen LogP contribution in [0.4, 0.5) is 0 Å². The van der Waals surface area contributed by atoms with E-state index in [0.717, 1.165) is 64.2 Å². The average Bonchev–Trinajstić information content (AvgIpc) is 2.87. The summed E-state index contributed by atoms with van der Waals surface area (Å²) in [5, 5.41) is 19.0. The minimum absolute atomic E-state index is 0.0478. The smallest absolute Gasteiger partial charge is 0.306 e. The Morgan fingerprint density at radius 2 is 1.95 bits per heavy atom. The lowest BCUT2D eigenvalue weighted by molar-refractivity contribution is -0.141. The molecule has 1 rings (SSSR count). The van der Waals surface area contributed by atoms with Crippen LogP contribution in [0.25, 0.3) is 0 Å². The lowest BCUT2D eigenvalue weighted by atomic mass is 10.0. The van der Waals surface area contributed by atoms with Crippen molar-refractivity contribution >= 4 is 5.97 Å². The molecule has 0 aromatic heterocycles. The molecule has 0 amide bonds. The molecule has 0 aromatic carbocycles. The quantitative estimate of drug-likeness (QED) is 0.329. The molecule has 0 spiro atoms. The van der Waals surface area contributed by atoms with Crippen LogP contribution < -0.4 is 0 Å². The lowest BCUT2D eigenvalue weighted by Gasteiger charge is -2.09. The monoisotopic (exact) mass is 312 g/mol. The number of ether oxygens (including phenoxy) is 1. The molecule has 1 saturated heterocycles. The van der Waals surface area contributed by atoms with E-state index < -0.39 is 0 Å². The Balaban J connectivity index is 1.88. The fourth-order valence-corrected chi connectivity index (χ4v) is 2.75. The third kappa shape index (κ3) is 9.96. The largest absolute Gasteiger partial charge is 0.462 e. The van der Waals surface area contributed by atoms with E-state index in [4.69, 9.17) is 9.84 Å². The van der Waals surface area contributed by atoms with E-state index >= 15 is 0 Å². The minimum atomic E-state index is -0.345. The summed E-state index contributed by atoms with van der Waals surface area (Å²) in [7, 11) is 0. The van der Waals surface area contributed by atoms with Crippen molar-refractivity contribution in [3.8, 4) is 0 Å². The van der Waals surface area contributed by atoms with Crippen molar-refractivity contribution in [2.45, 2.75) is 95.9 Å². The number of hydrogen-bond donors (Lipinski definition) is 2. The fourth-order valence-electron chi connectivity index (χ4n) is 2.75. The highest BCUT2D eigenvalue weighted by molar-refractivity contribution is 5.71. The zero-order valence-electron chi connectivity index (χ0n) is 13.9. The molecule has 0 bridgehead atoms. The van der Waals surface area contributed by atoms with Gasteiger partial charge in [-0.2, -0.15) is 0 Å². The van der Waals surface area contributed by atoms with Crippen LogP contribution >= 0.6 is 0 Å². The molecule has 1 fully saturated rings. The van der Waals surface area contributed by atoms with Gasteiger partial charge in [0.15, 0.2) is 0 Å². The van der Waals surface area contributed by atoms with E-state index in [1.807, 2.05) is 12.2 Å². The van der Waals surface area contributed by atoms with Gasteiger partial charge in [-0.1, -0.05) is 31.4 Å². The van der Waals surface area contributed by atoms with Crippen molar-refractivity contribution in [1.29, 1.82) is 0 Å². The van der Waals surface area contributed by atoms with Gasteiger partial charge in [-0.3, -0.25) is 4.79 Å². The maximum absolute atomic E-state index is 11.0. The van der Waals surface area contributed by atoms with Gasteiger partial charge in [-0.05, 0) is 51.9 Å². The number of carbonyl (C=O) groups excluding carboxylic acids is 1. The molecular weight excluding hydrogens is 280 g/mol. The molecule has 3 atom stereocenters. The topological polar surface area (TPSA) is 66.8 Å². The van der Waals surface area contributed by atoms with Crippen LogP contribution in [0.5, 0.6) is 0 Å². The highest BCUT2D eigenvalue weighted by atomic mass is 16.5. The van der Waals surface area contributed by atoms with Gasteiger partial charge in [0.05, 0.1) is 12.2 Å². The van der Waals surface area contributed by atoms with Crippen LogP contribution in [0.3, 0.4) is 0 Å². The minimum Gasteiger partial charge on any atom is -0.462 e. The Morgan fingerprint density at radius 3 is 2.64 bits per heavy atom. The van der Waals surface area contributed by atoms with E-state index in [1.54, 1.807) is 6.92 Å². The van der Waals surface area contributed by atoms with Gasteiger partial charge < -0.3 is 14.9 Å². The fraction of sp³-hybridized carbons (Fsp3) is 0.833. The van der Waals surface area contributed by atoms with Crippen LogP contribution in [0, 0.1) is 0 Å². The number of unbranched alkanes of at least 4 members (excludes halogenated alkanes) is 4. The van der Waals surface area contributed by atoms with Gasteiger partial charge >= 0.3 is 5.97 Å². The Bertz CT molecular complexity index is 325. The number of aliphatic hydroxyl groups is 2. The zero-order chi connectivity index (χ0) is 16.2. The maximum Gasteiger partial charge on any atom is 0.306 e. The second-order valence-corrected chi connectivity index (χ2v) is 6.42. The van der Waals surface area contributed by atoms with Gasteiger partial charge in [-0.15, -0.1) is 0 Å². The normalized spacial score (nSPS) is 21.2. The lowest BCUT2D eigenvalue weighted by Crippen LogP contribution is -2.06. The Kier molecular flexibility index (Phi) is 10.2. The zero-order valence-corrected chi connectivity index (χ0v) is 13.9. The molecule has 128 valence electrons. The van der Waals surface area contributed by atoms with E-state index in [2.05, 4.69) is 0 Å². The van der Waals surface area contributed by atoms with Gasteiger partial charge in [-0.25, -0.2) is 0 Å². The number of carbonyl (C=O) groups is 1. The third-order valence-electron chi connectivity index (χ3n) is 4.10. The summed E-state index contributed by atoms with van der Waals surface area (Å²) >= 11 is 0. The first kappa shape index (κ1) is 19.2. The van der Waals surface area contributed by atoms with Crippen LogP contribution in [-0.4, -0.2) is 34.5 Å². The van der Waals surface area contributed by atoms with E-state index in [0.29, 0.717) is 6.42 Å². The molecule has 22 heavy (non-hydrogen) atoms. The molecule has 1 heterocycles. The molecular formula is C18H32O4.